The van der Waals surface area contributed by atoms with Crippen LogP contribution in [-0.4, -0.2) is 34.3 Å². The van der Waals surface area contributed by atoms with Gasteiger partial charge in [0.2, 0.25) is 5.91 Å². The highest BCUT2D eigenvalue weighted by molar-refractivity contribution is 6.32. The van der Waals surface area contributed by atoms with Crippen LogP contribution in [0.5, 0.6) is 5.75 Å². The van der Waals surface area contributed by atoms with E-state index in [2.05, 4.69) is 10.3 Å². The van der Waals surface area contributed by atoms with Gasteiger partial charge in [0.05, 0.1) is 29.5 Å². The molecule has 0 aliphatic carbocycles. The molecular weight excluding hydrogens is 475 g/mol. The summed E-state index contributed by atoms with van der Waals surface area (Å²) in [5.41, 5.74) is 4.41. The van der Waals surface area contributed by atoms with Gasteiger partial charge in [-0.15, -0.1) is 0 Å². The topological polar surface area (TPSA) is 88.5 Å². The number of aromatic nitrogens is 2. The number of anilines is 1. The summed E-state index contributed by atoms with van der Waals surface area (Å²) in [7, 11) is 3.21. The number of nitrogens with zero attached hydrogens (tertiary/aromatic N) is 2. The maximum absolute atomic E-state index is 13.3. The van der Waals surface area contributed by atoms with Crippen LogP contribution < -0.4 is 15.7 Å². The number of H-pyrrole nitrogens is 1. The molecule has 1 atom stereocenters. The molecule has 0 radical (unpaired) electrons. The van der Waals surface area contributed by atoms with Gasteiger partial charge in [-0.05, 0) is 29.8 Å². The van der Waals surface area contributed by atoms with Crippen molar-refractivity contribution in [3.63, 3.8) is 0 Å². The molecule has 9 heteroatoms. The van der Waals surface area contributed by atoms with E-state index in [9.17, 15) is 9.59 Å². The van der Waals surface area contributed by atoms with Gasteiger partial charge in [0.15, 0.2) is 0 Å². The summed E-state index contributed by atoms with van der Waals surface area (Å²) < 4.78 is 7.05. The predicted octanol–water partition coefficient (Wildman–Crippen LogP) is 4.58. The number of hydrogen-bond acceptors (Lipinski definition) is 4. The van der Waals surface area contributed by atoms with Crippen molar-refractivity contribution in [2.45, 2.75) is 12.5 Å². The van der Waals surface area contributed by atoms with Gasteiger partial charge in [0, 0.05) is 40.7 Å². The van der Waals surface area contributed by atoms with Crippen LogP contribution in [0.2, 0.25) is 10.0 Å². The fourth-order valence-electron chi connectivity index (χ4n) is 4.16. The Labute approximate surface area is 205 Å². The lowest BCUT2D eigenvalue weighted by molar-refractivity contribution is -0.117. The summed E-state index contributed by atoms with van der Waals surface area (Å²) >= 11 is 12.8. The molecular formula is C25H20Cl2N4O3. The first-order chi connectivity index (χ1) is 16.4. The molecule has 2 N–H and O–H groups in total. The summed E-state index contributed by atoms with van der Waals surface area (Å²) in [6, 6.07) is 15.6. The molecule has 7 nitrogen and oxygen atoms in total. The number of nitrogens with one attached hydrogen (secondary N) is 2. The zero-order valence-corrected chi connectivity index (χ0v) is 19.9. The highest BCUT2D eigenvalue weighted by Crippen LogP contribution is 2.36. The first kappa shape index (κ1) is 22.3. The van der Waals surface area contributed by atoms with Gasteiger partial charge in [-0.1, -0.05) is 47.5 Å². The average Bonchev–Trinajstić information content (AvgIpc) is 3.03. The molecule has 4 aromatic rings. The monoisotopic (exact) mass is 494 g/mol. The summed E-state index contributed by atoms with van der Waals surface area (Å²) in [4.78, 5) is 33.1. The van der Waals surface area contributed by atoms with Crippen molar-refractivity contribution in [2.75, 3.05) is 12.4 Å². The third-order valence-electron chi connectivity index (χ3n) is 5.93. The Morgan fingerprint density at radius 2 is 1.88 bits per heavy atom. The number of carbonyl (C=O) groups excluding carboxylic acids is 1. The first-order valence-electron chi connectivity index (χ1n) is 10.5. The van der Waals surface area contributed by atoms with Gasteiger partial charge >= 0.3 is 5.69 Å². The molecule has 0 saturated heterocycles. The number of benzodiazepines with no additional fused rings is 1. The van der Waals surface area contributed by atoms with Crippen LogP contribution in [0.3, 0.4) is 0 Å². The van der Waals surface area contributed by atoms with E-state index in [0.717, 1.165) is 11.1 Å². The van der Waals surface area contributed by atoms with Gasteiger partial charge < -0.3 is 15.0 Å². The van der Waals surface area contributed by atoms with Crippen molar-refractivity contribution in [2.24, 2.45) is 12.0 Å². The average molecular weight is 495 g/mol. The standard InChI is InChI=1S/C25H20Cl2N4O3/c1-31-20-10-14(7-8-18(20)29-25(31)33)22-16-11-15(26)12-21(34-2)23(16)30-24(32)19(28-22)9-13-5-3-4-6-17(13)27/h3-8,10-12,19H,9H2,1-2H3,(H,29,33)(H,30,32). The number of rotatable bonds is 4. The maximum Gasteiger partial charge on any atom is 0.326 e. The van der Waals surface area contributed by atoms with Gasteiger partial charge in [-0.3, -0.25) is 14.4 Å². The molecule has 0 bridgehead atoms. The number of aliphatic imine (C=N–C) groups is 1. The summed E-state index contributed by atoms with van der Waals surface area (Å²) in [6.45, 7) is 0. The predicted molar refractivity (Wildman–Crippen MR) is 135 cm³/mol. The number of aryl methyl sites for hydroxylation is 1. The minimum absolute atomic E-state index is 0.214. The van der Waals surface area contributed by atoms with Crippen LogP contribution in [0.15, 0.2) is 64.4 Å². The van der Waals surface area contributed by atoms with E-state index in [1.54, 1.807) is 25.2 Å². The van der Waals surface area contributed by atoms with E-state index < -0.39 is 6.04 Å². The smallest absolute Gasteiger partial charge is 0.326 e. The van der Waals surface area contributed by atoms with E-state index in [4.69, 9.17) is 32.9 Å². The van der Waals surface area contributed by atoms with E-state index in [1.807, 2.05) is 36.4 Å². The Hall–Kier alpha value is -3.55. The van der Waals surface area contributed by atoms with Crippen molar-refractivity contribution < 1.29 is 9.53 Å². The summed E-state index contributed by atoms with van der Waals surface area (Å²) in [6.07, 6.45) is 0.309. The number of fused-ring (bicyclic) bond motifs is 2. The van der Waals surface area contributed by atoms with Gasteiger partial charge in [-0.2, -0.15) is 0 Å². The van der Waals surface area contributed by atoms with Crippen LogP contribution in [0, 0.1) is 0 Å². The lowest BCUT2D eigenvalue weighted by atomic mass is 9.99. The normalized spacial score (nSPS) is 15.5. The molecule has 172 valence electrons. The minimum atomic E-state index is -0.753. The SMILES string of the molecule is COc1cc(Cl)cc2c1NC(=O)C(Cc1ccccc1Cl)N=C2c1ccc2[nH]c(=O)n(C)c2c1. The number of carbonyl (C=O) groups is 1. The molecule has 1 unspecified atom stereocenters. The van der Waals surface area contributed by atoms with E-state index >= 15 is 0 Å². The number of imidazole rings is 1. The van der Waals surface area contributed by atoms with Gasteiger partial charge in [0.1, 0.15) is 11.8 Å². The minimum Gasteiger partial charge on any atom is -0.494 e. The van der Waals surface area contributed by atoms with Crippen molar-refractivity contribution in [3.8, 4) is 5.75 Å². The molecule has 1 amide bonds. The van der Waals surface area contributed by atoms with Gasteiger partial charge in [-0.25, -0.2) is 4.79 Å². The molecule has 1 aliphatic rings. The summed E-state index contributed by atoms with van der Waals surface area (Å²) in [5.74, 6) is 0.143. The lowest BCUT2D eigenvalue weighted by Crippen LogP contribution is -2.27. The van der Waals surface area contributed by atoms with E-state index in [-0.39, 0.29) is 11.6 Å². The third kappa shape index (κ3) is 3.87. The van der Waals surface area contributed by atoms with Crippen molar-refractivity contribution in [3.05, 3.63) is 91.8 Å². The highest BCUT2D eigenvalue weighted by atomic mass is 35.5. The number of amides is 1. The number of ether oxygens (including phenoxy) is 1. The molecule has 0 saturated carbocycles. The largest absolute Gasteiger partial charge is 0.494 e. The Kier molecular flexibility index (Phi) is 5.67. The zero-order valence-electron chi connectivity index (χ0n) is 18.4. The van der Waals surface area contributed by atoms with Crippen LogP contribution in [-0.2, 0) is 18.3 Å². The Morgan fingerprint density at radius 3 is 2.65 bits per heavy atom. The fraction of sp³-hybridized carbons (Fsp3) is 0.160. The molecule has 0 fully saturated rings. The van der Waals surface area contributed by atoms with Crippen LogP contribution in [0.4, 0.5) is 5.69 Å². The van der Waals surface area contributed by atoms with Gasteiger partial charge in [0.25, 0.3) is 0 Å². The Balaban J connectivity index is 1.73. The molecule has 3 aromatic carbocycles. The van der Waals surface area contributed by atoms with Crippen LogP contribution in [0.1, 0.15) is 16.7 Å². The molecule has 1 aromatic heterocycles. The Bertz CT molecular complexity index is 1540. The quantitative estimate of drug-likeness (QED) is 0.435. The second-order valence-corrected chi connectivity index (χ2v) is 8.87. The van der Waals surface area contributed by atoms with Crippen LogP contribution >= 0.6 is 23.2 Å². The number of hydrogen-bond donors (Lipinski definition) is 2. The molecule has 34 heavy (non-hydrogen) atoms. The number of halogens is 2. The van der Waals surface area contributed by atoms with Crippen LogP contribution in [0.25, 0.3) is 11.0 Å². The molecule has 2 heterocycles. The van der Waals surface area contributed by atoms with E-state index in [1.165, 1.54) is 11.7 Å². The molecule has 0 spiro atoms. The van der Waals surface area contributed by atoms with Crippen molar-refractivity contribution in [1.29, 1.82) is 0 Å². The first-order valence-corrected chi connectivity index (χ1v) is 11.3. The Morgan fingerprint density at radius 1 is 1.09 bits per heavy atom. The zero-order chi connectivity index (χ0) is 24.0. The molecule has 1 aliphatic heterocycles. The fourth-order valence-corrected chi connectivity index (χ4v) is 4.58. The molecule has 5 rings (SSSR count). The third-order valence-corrected chi connectivity index (χ3v) is 6.51. The van der Waals surface area contributed by atoms with Crippen molar-refractivity contribution >= 4 is 51.5 Å². The number of aromatic amines is 1. The lowest BCUT2D eigenvalue weighted by Gasteiger charge is -2.15. The second kappa shape index (κ2) is 8.66. The second-order valence-electron chi connectivity index (χ2n) is 8.03. The van der Waals surface area contributed by atoms with E-state index in [0.29, 0.717) is 50.2 Å². The number of benzene rings is 3. The highest BCUT2D eigenvalue weighted by Gasteiger charge is 2.29. The number of methoxy groups -OCH3 is 1. The summed E-state index contributed by atoms with van der Waals surface area (Å²) in [5, 5.41) is 3.98. The maximum atomic E-state index is 13.3. The van der Waals surface area contributed by atoms with Crippen molar-refractivity contribution in [1.82, 2.24) is 9.55 Å².